The molecule has 4 rings (SSSR count). The molecule has 2 aromatic heterocycles. The van der Waals surface area contributed by atoms with Gasteiger partial charge in [-0.1, -0.05) is 36.4 Å². The number of carbonyl (C=O) groups excluding carboxylic acids is 1. The van der Waals surface area contributed by atoms with E-state index in [1.807, 2.05) is 24.3 Å². The van der Waals surface area contributed by atoms with E-state index < -0.39 is 0 Å². The Morgan fingerprint density at radius 1 is 1.04 bits per heavy atom. The van der Waals surface area contributed by atoms with Crippen LogP contribution in [0, 0.1) is 5.82 Å². The summed E-state index contributed by atoms with van der Waals surface area (Å²) in [6.07, 6.45) is 2.35. The predicted octanol–water partition coefficient (Wildman–Crippen LogP) is 4.26. The van der Waals surface area contributed by atoms with Crippen molar-refractivity contribution in [1.82, 2.24) is 14.6 Å². The molecule has 0 saturated carbocycles. The molecule has 0 aliphatic rings. The van der Waals surface area contributed by atoms with E-state index in [9.17, 15) is 9.18 Å². The number of carbonyl (C=O) groups is 1. The summed E-state index contributed by atoms with van der Waals surface area (Å²) in [4.78, 5) is 16.7. The topological polar surface area (TPSA) is 56.5 Å². The van der Waals surface area contributed by atoms with Gasteiger partial charge in [-0.15, -0.1) is 0 Å². The van der Waals surface area contributed by atoms with E-state index in [4.69, 9.17) is 4.74 Å². The molecule has 0 radical (unpaired) electrons. The summed E-state index contributed by atoms with van der Waals surface area (Å²) >= 11 is 0. The zero-order chi connectivity index (χ0) is 19.3. The fourth-order valence-electron chi connectivity index (χ4n) is 3.01. The smallest absolute Gasteiger partial charge is 0.181 e. The SMILES string of the molecule is O=C(CCc1cccc(OCc2ccccc2F)c1)c1cccc2ncnn12. The summed E-state index contributed by atoms with van der Waals surface area (Å²) in [6.45, 7) is 0.156. The lowest BCUT2D eigenvalue weighted by Crippen LogP contribution is -2.08. The highest BCUT2D eigenvalue weighted by Crippen LogP contribution is 2.18. The van der Waals surface area contributed by atoms with E-state index in [-0.39, 0.29) is 18.2 Å². The summed E-state index contributed by atoms with van der Waals surface area (Å²) in [5, 5.41) is 4.10. The highest BCUT2D eigenvalue weighted by molar-refractivity contribution is 5.95. The molecule has 0 unspecified atom stereocenters. The molecule has 0 spiro atoms. The van der Waals surface area contributed by atoms with Crippen molar-refractivity contribution < 1.29 is 13.9 Å². The van der Waals surface area contributed by atoms with Gasteiger partial charge in [-0.3, -0.25) is 4.79 Å². The number of halogens is 1. The van der Waals surface area contributed by atoms with Crippen LogP contribution in [-0.4, -0.2) is 20.4 Å². The first-order valence-corrected chi connectivity index (χ1v) is 8.98. The Morgan fingerprint density at radius 3 is 2.79 bits per heavy atom. The highest BCUT2D eigenvalue weighted by atomic mass is 19.1. The molecule has 2 aromatic carbocycles. The average Bonchev–Trinajstić information content (AvgIpc) is 3.21. The minimum absolute atomic E-state index is 0.00576. The first-order chi connectivity index (χ1) is 13.7. The maximum atomic E-state index is 13.7. The standard InChI is InChI=1S/C22H18FN3O2/c23-19-8-2-1-6-17(19)14-28-18-7-3-5-16(13-18)11-12-21(27)20-9-4-10-22-24-15-25-26(20)22/h1-10,13,15H,11-12,14H2. The van der Waals surface area contributed by atoms with E-state index in [0.29, 0.717) is 35.5 Å². The van der Waals surface area contributed by atoms with E-state index >= 15 is 0 Å². The minimum atomic E-state index is -0.286. The number of hydrogen-bond donors (Lipinski definition) is 0. The third-order valence-corrected chi connectivity index (χ3v) is 4.48. The Morgan fingerprint density at radius 2 is 1.89 bits per heavy atom. The third-order valence-electron chi connectivity index (χ3n) is 4.48. The molecule has 28 heavy (non-hydrogen) atoms. The Bertz CT molecular complexity index is 1120. The molecule has 5 nitrogen and oxygen atoms in total. The van der Waals surface area contributed by atoms with Crippen molar-refractivity contribution in [3.05, 3.63) is 95.7 Å². The second kappa shape index (κ2) is 8.00. The molecule has 0 N–H and O–H groups in total. The molecule has 0 aliphatic carbocycles. The number of aromatic nitrogens is 3. The van der Waals surface area contributed by atoms with Crippen molar-refractivity contribution in [1.29, 1.82) is 0 Å². The summed E-state index contributed by atoms with van der Waals surface area (Å²) in [5.41, 5.74) is 2.64. The highest BCUT2D eigenvalue weighted by Gasteiger charge is 2.11. The molecule has 0 atom stereocenters. The molecular weight excluding hydrogens is 357 g/mol. The van der Waals surface area contributed by atoms with Gasteiger partial charge in [0.2, 0.25) is 0 Å². The number of ketones is 1. The zero-order valence-corrected chi connectivity index (χ0v) is 15.1. The average molecular weight is 375 g/mol. The van der Waals surface area contributed by atoms with Crippen LogP contribution in [0.1, 0.15) is 28.0 Å². The monoisotopic (exact) mass is 375 g/mol. The fraction of sp³-hybridized carbons (Fsp3) is 0.136. The molecule has 0 saturated heterocycles. The van der Waals surface area contributed by atoms with Gasteiger partial charge in [0, 0.05) is 12.0 Å². The van der Waals surface area contributed by atoms with Crippen molar-refractivity contribution in [2.24, 2.45) is 0 Å². The number of benzene rings is 2. The molecule has 140 valence electrons. The maximum Gasteiger partial charge on any atom is 0.181 e. The lowest BCUT2D eigenvalue weighted by atomic mass is 10.1. The molecule has 4 aromatic rings. The number of nitrogens with zero attached hydrogens (tertiary/aromatic N) is 3. The summed E-state index contributed by atoms with van der Waals surface area (Å²) in [6, 6.07) is 19.4. The summed E-state index contributed by atoms with van der Waals surface area (Å²) in [5.74, 6) is 0.354. The van der Waals surface area contributed by atoms with Gasteiger partial charge in [-0.25, -0.2) is 13.9 Å². The van der Waals surface area contributed by atoms with E-state index in [1.54, 1.807) is 40.9 Å². The molecule has 0 aliphatic heterocycles. The van der Waals surface area contributed by atoms with Crippen LogP contribution >= 0.6 is 0 Å². The van der Waals surface area contributed by atoms with Crippen LogP contribution in [0.25, 0.3) is 5.65 Å². The van der Waals surface area contributed by atoms with Crippen molar-refractivity contribution in [2.75, 3.05) is 0 Å². The number of rotatable bonds is 7. The fourth-order valence-corrected chi connectivity index (χ4v) is 3.01. The quantitative estimate of drug-likeness (QED) is 0.453. The molecule has 0 bridgehead atoms. The van der Waals surface area contributed by atoms with Crippen LogP contribution in [0.3, 0.4) is 0 Å². The van der Waals surface area contributed by atoms with Crippen molar-refractivity contribution in [2.45, 2.75) is 19.4 Å². The lowest BCUT2D eigenvalue weighted by Gasteiger charge is -2.09. The van der Waals surface area contributed by atoms with Gasteiger partial charge in [-0.2, -0.15) is 5.10 Å². The van der Waals surface area contributed by atoms with Gasteiger partial charge in [0.15, 0.2) is 11.4 Å². The Hall–Kier alpha value is -3.54. The third kappa shape index (κ3) is 3.91. The van der Waals surface area contributed by atoms with Crippen LogP contribution in [0.15, 0.2) is 73.1 Å². The van der Waals surface area contributed by atoms with Gasteiger partial charge in [-0.05, 0) is 42.3 Å². The number of pyridine rings is 1. The first-order valence-electron chi connectivity index (χ1n) is 8.98. The van der Waals surface area contributed by atoms with Gasteiger partial charge in [0.25, 0.3) is 0 Å². The Labute approximate surface area is 161 Å². The summed E-state index contributed by atoms with van der Waals surface area (Å²) in [7, 11) is 0. The minimum Gasteiger partial charge on any atom is -0.489 e. The largest absolute Gasteiger partial charge is 0.489 e. The van der Waals surface area contributed by atoms with Gasteiger partial charge < -0.3 is 4.74 Å². The van der Waals surface area contributed by atoms with Gasteiger partial charge >= 0.3 is 0 Å². The van der Waals surface area contributed by atoms with Gasteiger partial charge in [0.1, 0.15) is 30.2 Å². The molecule has 6 heteroatoms. The summed E-state index contributed by atoms with van der Waals surface area (Å²) < 4.78 is 21.0. The Balaban J connectivity index is 1.40. The van der Waals surface area contributed by atoms with Crippen LogP contribution in [0.5, 0.6) is 5.75 Å². The molecule has 2 heterocycles. The van der Waals surface area contributed by atoms with E-state index in [1.165, 1.54) is 12.4 Å². The van der Waals surface area contributed by atoms with E-state index in [0.717, 1.165) is 5.56 Å². The lowest BCUT2D eigenvalue weighted by molar-refractivity contribution is 0.0975. The number of fused-ring (bicyclic) bond motifs is 1. The molecule has 0 amide bonds. The van der Waals surface area contributed by atoms with Crippen molar-refractivity contribution >= 4 is 11.4 Å². The first kappa shape index (κ1) is 17.9. The second-order valence-electron chi connectivity index (χ2n) is 6.39. The normalized spacial score (nSPS) is 10.9. The van der Waals surface area contributed by atoms with Crippen LogP contribution in [0.4, 0.5) is 4.39 Å². The number of ether oxygens (including phenoxy) is 1. The van der Waals surface area contributed by atoms with Crippen molar-refractivity contribution in [3.63, 3.8) is 0 Å². The van der Waals surface area contributed by atoms with E-state index in [2.05, 4.69) is 10.1 Å². The molecular formula is C22H18FN3O2. The number of Topliss-reactive ketones (excluding diaryl/α,β-unsaturated/α-hetero) is 1. The number of hydrogen-bond acceptors (Lipinski definition) is 4. The number of aryl methyl sites for hydroxylation is 1. The van der Waals surface area contributed by atoms with Crippen LogP contribution in [0.2, 0.25) is 0 Å². The van der Waals surface area contributed by atoms with Crippen molar-refractivity contribution in [3.8, 4) is 5.75 Å². The van der Waals surface area contributed by atoms with Gasteiger partial charge in [0.05, 0.1) is 0 Å². The van der Waals surface area contributed by atoms with Crippen LogP contribution < -0.4 is 4.74 Å². The predicted molar refractivity (Wildman–Crippen MR) is 103 cm³/mol. The zero-order valence-electron chi connectivity index (χ0n) is 15.1. The maximum absolute atomic E-state index is 13.7. The second-order valence-corrected chi connectivity index (χ2v) is 6.39. The molecule has 0 fully saturated rings. The van der Waals surface area contributed by atoms with Crippen LogP contribution in [-0.2, 0) is 13.0 Å². The Kier molecular flexibility index (Phi) is 5.10.